The minimum atomic E-state index is -1.32. The first-order valence-corrected chi connectivity index (χ1v) is 26.6. The third-order valence-electron chi connectivity index (χ3n) is 11.4. The SMILES string of the molecule is CCCC[C@H](NC(C)=O)C(=O)N1CCSSC[C@@H](C(N)=O)NC(=O)[C@H](Cc2c[nH]c3ccccc23)NC(=O)[C@H](CCCN=C(N)N)NC(=O)[C@@H](Cc2ccccc2)NC(=O)[C@H](Cc2cncs2)NC(=O)C1. The number of aromatic amines is 1. The van der Waals surface area contributed by atoms with Gasteiger partial charge in [0.1, 0.15) is 36.3 Å². The number of thiazole rings is 1. The van der Waals surface area contributed by atoms with E-state index in [9.17, 15) is 38.4 Å². The van der Waals surface area contributed by atoms with Crippen LogP contribution in [0.1, 0.15) is 62.0 Å². The third-order valence-corrected chi connectivity index (χ3v) is 14.6. The monoisotopic (exact) mass is 1030 g/mol. The molecule has 1 fully saturated rings. The lowest BCUT2D eigenvalue weighted by Crippen LogP contribution is -2.60. The number of amides is 8. The molecule has 1 aliphatic heterocycles. The van der Waals surface area contributed by atoms with Gasteiger partial charge in [-0.15, -0.1) is 11.3 Å². The Morgan fingerprint density at radius 3 is 2.15 bits per heavy atom. The van der Waals surface area contributed by atoms with E-state index in [-0.39, 0.29) is 62.7 Å². The summed E-state index contributed by atoms with van der Waals surface area (Å²) in [7, 11) is 2.44. The van der Waals surface area contributed by atoms with Crippen LogP contribution in [0.4, 0.5) is 0 Å². The van der Waals surface area contributed by atoms with Crippen LogP contribution in [0, 0.1) is 0 Å². The Morgan fingerprint density at radius 1 is 0.817 bits per heavy atom. The maximum Gasteiger partial charge on any atom is 0.245 e. The van der Waals surface area contributed by atoms with E-state index in [1.54, 1.807) is 48.2 Å². The Bertz CT molecular complexity index is 2470. The molecule has 0 aliphatic carbocycles. The highest BCUT2D eigenvalue weighted by molar-refractivity contribution is 8.76. The molecule has 24 heteroatoms. The van der Waals surface area contributed by atoms with Crippen LogP contribution in [0.3, 0.4) is 0 Å². The van der Waals surface area contributed by atoms with Gasteiger partial charge >= 0.3 is 0 Å². The first-order chi connectivity index (χ1) is 34.1. The van der Waals surface area contributed by atoms with Gasteiger partial charge in [-0.1, -0.05) is 89.9 Å². The minimum Gasteiger partial charge on any atom is -0.370 e. The van der Waals surface area contributed by atoms with Gasteiger partial charge in [0.05, 0.1) is 12.1 Å². The van der Waals surface area contributed by atoms with Gasteiger partial charge in [0.25, 0.3) is 0 Å². The number of guanidine groups is 1. The molecule has 0 spiro atoms. The lowest BCUT2D eigenvalue weighted by atomic mass is 10.0. The second-order valence-electron chi connectivity index (χ2n) is 16.9. The summed E-state index contributed by atoms with van der Waals surface area (Å²) in [4.78, 5) is 125. The zero-order valence-electron chi connectivity index (χ0n) is 39.6. The maximum atomic E-state index is 14.6. The highest BCUT2D eigenvalue weighted by Crippen LogP contribution is 2.24. The molecule has 0 saturated carbocycles. The molecule has 3 heterocycles. The van der Waals surface area contributed by atoms with E-state index >= 15 is 0 Å². The minimum absolute atomic E-state index is 0.0105. The molecule has 13 N–H and O–H groups in total. The molecular weight excluding hydrogens is 971 g/mol. The topological polar surface area (TPSA) is 331 Å². The number of hydrogen-bond donors (Lipinski definition) is 10. The lowest BCUT2D eigenvalue weighted by Gasteiger charge is -2.29. The first-order valence-electron chi connectivity index (χ1n) is 23.2. The van der Waals surface area contributed by atoms with Gasteiger partial charge in [0, 0.05) is 79.0 Å². The number of nitrogens with two attached hydrogens (primary N) is 3. The largest absolute Gasteiger partial charge is 0.370 e. The molecule has 71 heavy (non-hydrogen) atoms. The van der Waals surface area contributed by atoms with Crippen molar-refractivity contribution in [2.24, 2.45) is 22.2 Å². The van der Waals surface area contributed by atoms with Gasteiger partial charge in [-0.3, -0.25) is 48.3 Å². The van der Waals surface area contributed by atoms with E-state index in [4.69, 9.17) is 17.2 Å². The summed E-state index contributed by atoms with van der Waals surface area (Å²) >= 11 is 1.25. The van der Waals surface area contributed by atoms with Gasteiger partial charge in [-0.25, -0.2) is 0 Å². The van der Waals surface area contributed by atoms with Crippen LogP contribution in [0.15, 0.2) is 77.5 Å². The van der Waals surface area contributed by atoms with E-state index in [0.29, 0.717) is 28.8 Å². The van der Waals surface area contributed by atoms with Crippen molar-refractivity contribution < 1.29 is 38.4 Å². The lowest BCUT2D eigenvalue weighted by molar-refractivity contribution is -0.140. The predicted octanol–water partition coefficient (Wildman–Crippen LogP) is 0.534. The summed E-state index contributed by atoms with van der Waals surface area (Å²) in [5.74, 6) is -5.41. The van der Waals surface area contributed by atoms with E-state index in [0.717, 1.165) is 17.3 Å². The van der Waals surface area contributed by atoms with E-state index in [1.165, 1.54) is 44.7 Å². The van der Waals surface area contributed by atoms with Crippen molar-refractivity contribution in [2.75, 3.05) is 31.1 Å². The summed E-state index contributed by atoms with van der Waals surface area (Å²) in [6, 6.07) is 8.91. The van der Waals surface area contributed by atoms with Gasteiger partial charge in [-0.2, -0.15) is 0 Å². The number of nitrogens with zero attached hydrogens (tertiary/aromatic N) is 3. The summed E-state index contributed by atoms with van der Waals surface area (Å²) < 4.78 is 0. The molecule has 0 bridgehead atoms. The van der Waals surface area contributed by atoms with Crippen LogP contribution in [0.5, 0.6) is 0 Å². The molecule has 8 amide bonds. The standard InChI is InChI=1S/C47H63N13O8S3/c1-3-4-14-35(54-28(2)61)46(68)60-18-19-70-71-26-39(41(48)63)59-44(66)37(21-30-23-53-33-15-9-8-13-32(30)33)58-42(64)34(16-10-17-52-47(49)50)56-43(65)36(20-29-11-6-5-7-12-29)57-45(67)38(55-40(62)25-60)22-31-24-51-27-69-31/h5-9,11-13,15,23-24,27,34-39,53H,3-4,10,14,16-22,25-26H2,1-2H3,(H2,48,63)(H,54,61)(H,55,62)(H,56,65)(H,57,67)(H,58,64)(H,59,66)(H4,49,50,52)/t34-,35-,36+,37-,38-,39-/m0/s1. The average Bonchev–Trinajstić information content (AvgIpc) is 4.01. The van der Waals surface area contributed by atoms with E-state index in [2.05, 4.69) is 46.9 Å². The number of benzene rings is 2. The number of carbonyl (C=O) groups excluding carboxylic acids is 8. The number of unbranched alkanes of at least 4 members (excludes halogenated alkanes) is 1. The Hall–Kier alpha value is -6.66. The molecule has 0 radical (unpaired) electrons. The van der Waals surface area contributed by atoms with Gasteiger partial charge < -0.3 is 59.0 Å². The van der Waals surface area contributed by atoms with Crippen molar-refractivity contribution in [3.63, 3.8) is 0 Å². The molecule has 0 unspecified atom stereocenters. The fourth-order valence-corrected chi connectivity index (χ4v) is 10.5. The van der Waals surface area contributed by atoms with Crippen molar-refractivity contribution in [1.29, 1.82) is 0 Å². The Labute approximate surface area is 423 Å². The number of primary amides is 1. The maximum absolute atomic E-state index is 14.6. The first kappa shape index (κ1) is 55.3. The molecule has 1 saturated heterocycles. The normalized spacial score (nSPS) is 20.7. The van der Waals surface area contributed by atoms with Crippen LogP contribution >= 0.6 is 32.9 Å². The Kier molecular flexibility index (Phi) is 22.0. The summed E-state index contributed by atoms with van der Waals surface area (Å²) in [5, 5.41) is 17.4. The number of nitrogens with one attached hydrogen (secondary N) is 7. The fourth-order valence-electron chi connectivity index (χ4n) is 7.73. The third kappa shape index (κ3) is 17.9. The number of hydrogen-bond acceptors (Lipinski definition) is 13. The number of H-pyrrole nitrogens is 1. The number of fused-ring (bicyclic) bond motifs is 1. The van der Waals surface area contributed by atoms with Crippen molar-refractivity contribution in [3.05, 3.63) is 88.5 Å². The van der Waals surface area contributed by atoms with Gasteiger partial charge in [0.15, 0.2) is 5.96 Å². The number of aromatic nitrogens is 2. The molecule has 382 valence electrons. The van der Waals surface area contributed by atoms with E-state index < -0.39 is 90.1 Å². The molecule has 4 aromatic rings. The van der Waals surface area contributed by atoms with Crippen LogP contribution in [0.2, 0.25) is 0 Å². The van der Waals surface area contributed by atoms with Crippen molar-refractivity contribution in [2.45, 2.75) is 101 Å². The molecule has 2 aromatic carbocycles. The molecule has 1 aliphatic rings. The summed E-state index contributed by atoms with van der Waals surface area (Å²) in [6.45, 7) is 2.85. The molecule has 6 atom stereocenters. The number of para-hydroxylation sites is 1. The number of rotatable bonds is 16. The summed E-state index contributed by atoms with van der Waals surface area (Å²) in [6.07, 6.45) is 5.03. The van der Waals surface area contributed by atoms with Crippen LogP contribution in [-0.4, -0.2) is 135 Å². The number of carbonyl (C=O) groups is 8. The zero-order chi connectivity index (χ0) is 51.3. The van der Waals surface area contributed by atoms with Crippen molar-refractivity contribution >= 4 is 97.0 Å². The second-order valence-corrected chi connectivity index (χ2v) is 20.5. The van der Waals surface area contributed by atoms with Crippen molar-refractivity contribution in [1.82, 2.24) is 46.8 Å². The Balaban J connectivity index is 1.55. The predicted molar refractivity (Wildman–Crippen MR) is 275 cm³/mol. The van der Waals surface area contributed by atoms with Crippen LogP contribution in [-0.2, 0) is 57.6 Å². The molecule has 21 nitrogen and oxygen atoms in total. The molecular formula is C47H63N13O8S3. The highest BCUT2D eigenvalue weighted by Gasteiger charge is 2.34. The zero-order valence-corrected chi connectivity index (χ0v) is 42.1. The average molecular weight is 1030 g/mol. The van der Waals surface area contributed by atoms with Crippen LogP contribution in [0.25, 0.3) is 10.9 Å². The van der Waals surface area contributed by atoms with E-state index in [1.807, 2.05) is 31.2 Å². The highest BCUT2D eigenvalue weighted by atomic mass is 33.1. The quantitative estimate of drug-likeness (QED) is 0.0318. The van der Waals surface area contributed by atoms with Gasteiger partial charge in [-0.05, 0) is 36.5 Å². The Morgan fingerprint density at radius 2 is 1.48 bits per heavy atom. The fraction of sp³-hybridized carbons (Fsp3) is 0.447. The van der Waals surface area contributed by atoms with Crippen LogP contribution < -0.4 is 49.1 Å². The molecule has 5 rings (SSSR count). The van der Waals surface area contributed by atoms with Gasteiger partial charge in [0.2, 0.25) is 47.3 Å². The van der Waals surface area contributed by atoms with Crippen molar-refractivity contribution in [3.8, 4) is 0 Å². The summed E-state index contributed by atoms with van der Waals surface area (Å²) in [5.41, 5.74) is 20.7. The smallest absolute Gasteiger partial charge is 0.245 e. The second kappa shape index (κ2) is 28.3. The number of aliphatic imine (C=N–C) groups is 1. The molecule has 2 aromatic heterocycles.